The summed E-state index contributed by atoms with van der Waals surface area (Å²) in [5, 5.41) is 9.61. The second-order valence-corrected chi connectivity index (χ2v) is 4.61. The molecule has 1 N–H and O–H groups in total. The molecule has 0 amide bonds. The molecule has 0 saturated carbocycles. The molecule has 0 atom stereocenters. The maximum Gasteiger partial charge on any atom is 0.356 e. The van der Waals surface area contributed by atoms with Gasteiger partial charge in [0.25, 0.3) is 0 Å². The van der Waals surface area contributed by atoms with Crippen LogP contribution in [0.3, 0.4) is 0 Å². The Bertz CT molecular complexity index is 644. The average molecular weight is 298 g/mol. The minimum Gasteiger partial charge on any atom is -0.476 e. The van der Waals surface area contributed by atoms with Crippen molar-refractivity contribution in [1.29, 1.82) is 0 Å². The second kappa shape index (κ2) is 5.47. The summed E-state index contributed by atoms with van der Waals surface area (Å²) in [6.45, 7) is 1.84. The average Bonchev–Trinajstić information content (AvgIpc) is 2.36. The fourth-order valence-corrected chi connectivity index (χ4v) is 1.74. The van der Waals surface area contributed by atoms with Crippen LogP contribution in [0.5, 0.6) is 11.6 Å². The molecular weight excluding hydrogens is 289 g/mol. The lowest BCUT2D eigenvalue weighted by Crippen LogP contribution is -2.02. The maximum atomic E-state index is 10.9. The van der Waals surface area contributed by atoms with Crippen molar-refractivity contribution in [1.82, 2.24) is 4.98 Å². The first kappa shape index (κ1) is 13.6. The van der Waals surface area contributed by atoms with Gasteiger partial charge in [-0.15, -0.1) is 0 Å². The first-order valence-corrected chi connectivity index (χ1v) is 6.07. The van der Waals surface area contributed by atoms with Crippen LogP contribution in [0.4, 0.5) is 0 Å². The van der Waals surface area contributed by atoms with Crippen LogP contribution in [0.2, 0.25) is 10.0 Å². The van der Waals surface area contributed by atoms with E-state index in [2.05, 4.69) is 4.98 Å². The summed E-state index contributed by atoms with van der Waals surface area (Å²) in [7, 11) is 0. The lowest BCUT2D eigenvalue weighted by atomic mass is 10.2. The molecule has 0 aliphatic carbocycles. The molecule has 1 heterocycles. The number of aromatic nitrogens is 1. The Labute approximate surface area is 119 Å². The molecule has 2 rings (SSSR count). The summed E-state index contributed by atoms with van der Waals surface area (Å²) in [4.78, 5) is 14.7. The van der Waals surface area contributed by atoms with E-state index in [-0.39, 0.29) is 16.6 Å². The topological polar surface area (TPSA) is 59.4 Å². The van der Waals surface area contributed by atoms with Crippen molar-refractivity contribution < 1.29 is 14.6 Å². The third-order valence-corrected chi connectivity index (χ3v) is 3.10. The smallest absolute Gasteiger partial charge is 0.356 e. The van der Waals surface area contributed by atoms with E-state index in [1.165, 1.54) is 12.1 Å². The normalized spacial score (nSPS) is 10.3. The lowest BCUT2D eigenvalue weighted by Gasteiger charge is -2.07. The van der Waals surface area contributed by atoms with Crippen molar-refractivity contribution in [2.75, 3.05) is 0 Å². The summed E-state index contributed by atoms with van der Waals surface area (Å²) >= 11 is 11.6. The van der Waals surface area contributed by atoms with E-state index in [0.29, 0.717) is 10.8 Å². The zero-order valence-corrected chi connectivity index (χ0v) is 11.4. The van der Waals surface area contributed by atoms with Gasteiger partial charge in [0.2, 0.25) is 5.88 Å². The molecular formula is C13H9Cl2NO3. The highest BCUT2D eigenvalue weighted by Gasteiger charge is 2.12. The van der Waals surface area contributed by atoms with Gasteiger partial charge in [-0.25, -0.2) is 9.78 Å². The minimum atomic E-state index is -1.21. The van der Waals surface area contributed by atoms with Crippen molar-refractivity contribution >= 4 is 29.2 Å². The van der Waals surface area contributed by atoms with E-state index in [4.69, 9.17) is 33.0 Å². The molecule has 0 spiro atoms. The number of carboxylic acids is 1. The van der Waals surface area contributed by atoms with E-state index in [1.807, 2.05) is 6.92 Å². The molecule has 0 saturated heterocycles. The summed E-state index contributed by atoms with van der Waals surface area (Å²) in [5.74, 6) is -0.528. The number of hydrogen-bond acceptors (Lipinski definition) is 3. The standard InChI is InChI=1S/C13H9Cl2NO3/c1-7-6-8(2-3-9(7)14)19-11-5-4-10(15)12(16-11)13(17)18/h2-6H,1H3,(H,17,18). The Hall–Kier alpha value is -1.78. The Morgan fingerprint density at radius 3 is 2.53 bits per heavy atom. The molecule has 1 aromatic carbocycles. The van der Waals surface area contributed by atoms with Gasteiger partial charge in [-0.1, -0.05) is 23.2 Å². The maximum absolute atomic E-state index is 10.9. The van der Waals surface area contributed by atoms with Crippen molar-refractivity contribution in [3.05, 3.63) is 51.6 Å². The number of aromatic carboxylic acids is 1. The van der Waals surface area contributed by atoms with Gasteiger partial charge in [-0.3, -0.25) is 0 Å². The highest BCUT2D eigenvalue weighted by Crippen LogP contribution is 2.26. The largest absolute Gasteiger partial charge is 0.476 e. The Morgan fingerprint density at radius 1 is 1.21 bits per heavy atom. The Balaban J connectivity index is 2.30. The Morgan fingerprint density at radius 2 is 1.89 bits per heavy atom. The number of benzene rings is 1. The fraction of sp³-hybridized carbons (Fsp3) is 0.0769. The highest BCUT2D eigenvalue weighted by molar-refractivity contribution is 6.33. The zero-order valence-electron chi connectivity index (χ0n) is 9.85. The quantitative estimate of drug-likeness (QED) is 0.923. The number of carboxylic acid groups (broad SMARTS) is 1. The fourth-order valence-electron chi connectivity index (χ4n) is 1.43. The van der Waals surface area contributed by atoms with Gasteiger partial charge in [0.05, 0.1) is 5.02 Å². The summed E-state index contributed by atoms with van der Waals surface area (Å²) in [6.07, 6.45) is 0. The van der Waals surface area contributed by atoms with Crippen LogP contribution in [0.1, 0.15) is 16.1 Å². The van der Waals surface area contributed by atoms with Crippen LogP contribution >= 0.6 is 23.2 Å². The van der Waals surface area contributed by atoms with Crippen LogP contribution in [0, 0.1) is 6.92 Å². The summed E-state index contributed by atoms with van der Waals surface area (Å²) in [5.41, 5.74) is 0.608. The van der Waals surface area contributed by atoms with Crippen molar-refractivity contribution in [3.8, 4) is 11.6 Å². The molecule has 0 unspecified atom stereocenters. The number of halogens is 2. The van der Waals surface area contributed by atoms with E-state index in [0.717, 1.165) is 5.56 Å². The first-order chi connectivity index (χ1) is 8.97. The van der Waals surface area contributed by atoms with E-state index in [9.17, 15) is 4.79 Å². The minimum absolute atomic E-state index is 0.0622. The molecule has 19 heavy (non-hydrogen) atoms. The number of rotatable bonds is 3. The summed E-state index contributed by atoms with van der Waals surface area (Å²) in [6, 6.07) is 8.03. The van der Waals surface area contributed by atoms with Crippen molar-refractivity contribution in [2.24, 2.45) is 0 Å². The van der Waals surface area contributed by atoms with Gasteiger partial charge in [0, 0.05) is 11.1 Å². The lowest BCUT2D eigenvalue weighted by molar-refractivity contribution is 0.0690. The van der Waals surface area contributed by atoms with Crippen molar-refractivity contribution in [2.45, 2.75) is 6.92 Å². The predicted octanol–water partition coefficient (Wildman–Crippen LogP) is 4.19. The van der Waals surface area contributed by atoms with E-state index in [1.54, 1.807) is 18.2 Å². The second-order valence-electron chi connectivity index (χ2n) is 3.80. The van der Waals surface area contributed by atoms with Crippen LogP contribution < -0.4 is 4.74 Å². The van der Waals surface area contributed by atoms with Gasteiger partial charge in [-0.05, 0) is 36.8 Å². The SMILES string of the molecule is Cc1cc(Oc2ccc(Cl)c(C(=O)O)n2)ccc1Cl. The predicted molar refractivity (Wildman–Crippen MR) is 72.5 cm³/mol. The zero-order chi connectivity index (χ0) is 14.0. The van der Waals surface area contributed by atoms with Gasteiger partial charge in [0.15, 0.2) is 5.69 Å². The van der Waals surface area contributed by atoms with Crippen LogP contribution in [0.15, 0.2) is 30.3 Å². The number of hydrogen-bond donors (Lipinski definition) is 1. The van der Waals surface area contributed by atoms with E-state index < -0.39 is 5.97 Å². The molecule has 0 fully saturated rings. The number of ether oxygens (including phenoxy) is 1. The van der Waals surface area contributed by atoms with Crippen molar-refractivity contribution in [3.63, 3.8) is 0 Å². The number of aryl methyl sites for hydroxylation is 1. The van der Waals surface area contributed by atoms with Gasteiger partial charge in [0.1, 0.15) is 5.75 Å². The first-order valence-electron chi connectivity index (χ1n) is 5.31. The highest BCUT2D eigenvalue weighted by atomic mass is 35.5. The summed E-state index contributed by atoms with van der Waals surface area (Å²) < 4.78 is 5.47. The number of carbonyl (C=O) groups is 1. The number of nitrogens with zero attached hydrogens (tertiary/aromatic N) is 1. The third kappa shape index (κ3) is 3.16. The molecule has 0 aliphatic heterocycles. The van der Waals surface area contributed by atoms with Gasteiger partial charge >= 0.3 is 5.97 Å². The molecule has 4 nitrogen and oxygen atoms in total. The van der Waals surface area contributed by atoms with Crippen LogP contribution in [-0.4, -0.2) is 16.1 Å². The van der Waals surface area contributed by atoms with E-state index >= 15 is 0 Å². The van der Waals surface area contributed by atoms with Crippen LogP contribution in [-0.2, 0) is 0 Å². The molecule has 2 aromatic rings. The molecule has 1 aromatic heterocycles. The molecule has 98 valence electrons. The van der Waals surface area contributed by atoms with Gasteiger partial charge < -0.3 is 9.84 Å². The third-order valence-electron chi connectivity index (χ3n) is 2.37. The molecule has 0 radical (unpaired) electrons. The molecule has 6 heteroatoms. The number of pyridine rings is 1. The molecule has 0 aliphatic rings. The Kier molecular flexibility index (Phi) is 3.93. The van der Waals surface area contributed by atoms with Gasteiger partial charge in [-0.2, -0.15) is 0 Å². The molecule has 0 bridgehead atoms. The monoisotopic (exact) mass is 297 g/mol. The van der Waals surface area contributed by atoms with Crippen LogP contribution in [0.25, 0.3) is 0 Å².